The molecule has 0 spiro atoms. The molecule has 1 unspecified atom stereocenters. The molecular weight excluding hydrogens is 300 g/mol. The van der Waals surface area contributed by atoms with Gasteiger partial charge in [0.15, 0.2) is 0 Å². The van der Waals surface area contributed by atoms with Gasteiger partial charge in [0.2, 0.25) is 0 Å². The van der Waals surface area contributed by atoms with Gasteiger partial charge in [0.1, 0.15) is 5.78 Å². The summed E-state index contributed by atoms with van der Waals surface area (Å²) in [5, 5.41) is 8.60. The maximum absolute atomic E-state index is 11.4. The van der Waals surface area contributed by atoms with Crippen LogP contribution in [0.25, 0.3) is 0 Å². The maximum atomic E-state index is 11.4. The minimum atomic E-state index is -0.689. The van der Waals surface area contributed by atoms with Crippen molar-refractivity contribution < 1.29 is 14.7 Å². The van der Waals surface area contributed by atoms with E-state index in [1.54, 1.807) is 6.92 Å². The first-order chi connectivity index (χ1) is 11.6. The van der Waals surface area contributed by atoms with E-state index in [-0.39, 0.29) is 0 Å². The van der Waals surface area contributed by atoms with E-state index in [2.05, 4.69) is 6.92 Å². The van der Waals surface area contributed by atoms with Gasteiger partial charge in [0.25, 0.3) is 0 Å². The molecule has 0 bridgehead atoms. The smallest absolute Gasteiger partial charge is 0.303 e. The fourth-order valence-electron chi connectivity index (χ4n) is 3.38. The van der Waals surface area contributed by atoms with Gasteiger partial charge in [-0.3, -0.25) is 4.79 Å². The summed E-state index contributed by atoms with van der Waals surface area (Å²) in [7, 11) is 0. The molecule has 0 radical (unpaired) electrons. The van der Waals surface area contributed by atoms with E-state index in [0.29, 0.717) is 18.1 Å². The normalized spacial score (nSPS) is 12.2. The minimum Gasteiger partial charge on any atom is -0.481 e. The lowest BCUT2D eigenvalue weighted by Gasteiger charge is -2.15. The van der Waals surface area contributed by atoms with E-state index in [1.807, 2.05) is 0 Å². The summed E-state index contributed by atoms with van der Waals surface area (Å²) < 4.78 is 0. The van der Waals surface area contributed by atoms with Crippen molar-refractivity contribution in [2.24, 2.45) is 5.92 Å². The topological polar surface area (TPSA) is 54.4 Å². The second-order valence-electron chi connectivity index (χ2n) is 7.38. The lowest BCUT2D eigenvalue weighted by atomic mass is 9.90. The average Bonchev–Trinajstić information content (AvgIpc) is 2.52. The Bertz CT molecular complexity index is 312. The van der Waals surface area contributed by atoms with Crippen LogP contribution in [0.2, 0.25) is 0 Å². The molecule has 3 nitrogen and oxygen atoms in total. The Morgan fingerprint density at radius 2 is 1.21 bits per heavy atom. The lowest BCUT2D eigenvalue weighted by Crippen LogP contribution is -2.06. The number of carboxylic acids is 1. The zero-order valence-electron chi connectivity index (χ0n) is 16.2. The Balaban J connectivity index is 3.66. The molecule has 0 amide bonds. The predicted octanol–water partition coefficient (Wildman–Crippen LogP) is 6.54. The predicted molar refractivity (Wildman–Crippen MR) is 101 cm³/mol. The first kappa shape index (κ1) is 23.1. The molecule has 0 aliphatic heterocycles. The molecule has 1 atom stereocenters. The van der Waals surface area contributed by atoms with Gasteiger partial charge in [-0.05, 0) is 19.3 Å². The van der Waals surface area contributed by atoms with Crippen molar-refractivity contribution >= 4 is 11.8 Å². The van der Waals surface area contributed by atoms with Gasteiger partial charge in [0, 0.05) is 12.8 Å². The molecular formula is C21H40O3. The lowest BCUT2D eigenvalue weighted by molar-refractivity contribution is -0.137. The molecule has 0 aliphatic rings. The van der Waals surface area contributed by atoms with E-state index in [9.17, 15) is 9.59 Å². The second-order valence-corrected chi connectivity index (χ2v) is 7.38. The van der Waals surface area contributed by atoms with Crippen molar-refractivity contribution in [1.29, 1.82) is 0 Å². The maximum Gasteiger partial charge on any atom is 0.303 e. The number of aliphatic carboxylic acids is 1. The minimum absolute atomic E-state index is 0.297. The summed E-state index contributed by atoms with van der Waals surface area (Å²) in [6, 6.07) is 0. The van der Waals surface area contributed by atoms with Crippen LogP contribution < -0.4 is 0 Å². The van der Waals surface area contributed by atoms with Crippen molar-refractivity contribution in [2.45, 2.75) is 117 Å². The first-order valence-corrected chi connectivity index (χ1v) is 10.3. The Labute approximate surface area is 149 Å². The number of Topliss-reactive ketones (excluding diaryl/α,β-unsaturated/α-hetero) is 1. The number of hydrogen-bond donors (Lipinski definition) is 1. The van der Waals surface area contributed by atoms with Gasteiger partial charge in [0.05, 0.1) is 0 Å². The van der Waals surface area contributed by atoms with Gasteiger partial charge >= 0.3 is 5.97 Å². The molecule has 0 aromatic carbocycles. The van der Waals surface area contributed by atoms with Crippen LogP contribution in [0, 0.1) is 5.92 Å². The van der Waals surface area contributed by atoms with Crippen LogP contribution in [0.1, 0.15) is 117 Å². The average molecular weight is 341 g/mol. The highest BCUT2D eigenvalue weighted by atomic mass is 16.4. The van der Waals surface area contributed by atoms with Crippen LogP contribution in [0.4, 0.5) is 0 Å². The molecule has 0 heterocycles. The molecule has 142 valence electrons. The largest absolute Gasteiger partial charge is 0.481 e. The molecule has 1 N–H and O–H groups in total. The highest BCUT2D eigenvalue weighted by molar-refractivity contribution is 5.75. The summed E-state index contributed by atoms with van der Waals surface area (Å²) in [5.74, 6) is 0.202. The number of hydrogen-bond acceptors (Lipinski definition) is 2. The van der Waals surface area contributed by atoms with Gasteiger partial charge < -0.3 is 9.90 Å². The molecule has 3 heteroatoms. The fourth-order valence-corrected chi connectivity index (χ4v) is 3.38. The van der Waals surface area contributed by atoms with Crippen molar-refractivity contribution in [3.63, 3.8) is 0 Å². The molecule has 0 saturated carbocycles. The number of rotatable bonds is 18. The number of unbranched alkanes of at least 4 members (excludes halogenated alkanes) is 10. The number of carbonyl (C=O) groups is 2. The Hall–Kier alpha value is -0.860. The number of ketones is 1. The molecule has 0 aromatic rings. The summed E-state index contributed by atoms with van der Waals surface area (Å²) in [4.78, 5) is 21.9. The van der Waals surface area contributed by atoms with Gasteiger partial charge in [-0.25, -0.2) is 0 Å². The van der Waals surface area contributed by atoms with E-state index in [0.717, 1.165) is 32.1 Å². The Morgan fingerprint density at radius 3 is 1.67 bits per heavy atom. The van der Waals surface area contributed by atoms with E-state index in [4.69, 9.17) is 5.11 Å². The van der Waals surface area contributed by atoms with Crippen LogP contribution >= 0.6 is 0 Å². The standard InChI is InChI=1S/C21H40O3/c1-3-4-5-6-7-9-12-15-20(18-19(2)22)16-13-10-8-11-14-17-21(23)24/h20H,3-18H2,1-2H3,(H,23,24). The molecule has 0 aliphatic carbocycles. The Kier molecular flexibility index (Phi) is 16.4. The third-order valence-electron chi connectivity index (χ3n) is 4.80. The van der Waals surface area contributed by atoms with Crippen molar-refractivity contribution in [3.05, 3.63) is 0 Å². The zero-order chi connectivity index (χ0) is 18.0. The monoisotopic (exact) mass is 340 g/mol. The van der Waals surface area contributed by atoms with Crippen molar-refractivity contribution in [2.75, 3.05) is 0 Å². The highest BCUT2D eigenvalue weighted by Crippen LogP contribution is 2.22. The van der Waals surface area contributed by atoms with Crippen LogP contribution in [-0.2, 0) is 9.59 Å². The summed E-state index contributed by atoms with van der Waals surface area (Å²) in [6.07, 6.45) is 18.0. The zero-order valence-corrected chi connectivity index (χ0v) is 16.2. The molecule has 0 rings (SSSR count). The SMILES string of the molecule is CCCCCCCCCC(CCCCCCCC(=O)O)CC(C)=O. The summed E-state index contributed by atoms with van der Waals surface area (Å²) in [6.45, 7) is 3.96. The van der Waals surface area contributed by atoms with Crippen molar-refractivity contribution in [3.8, 4) is 0 Å². The molecule has 0 saturated heterocycles. The Morgan fingerprint density at radius 1 is 0.750 bits per heavy atom. The van der Waals surface area contributed by atoms with Crippen LogP contribution in [-0.4, -0.2) is 16.9 Å². The third kappa shape index (κ3) is 17.5. The van der Waals surface area contributed by atoms with Gasteiger partial charge in [-0.2, -0.15) is 0 Å². The van der Waals surface area contributed by atoms with E-state index >= 15 is 0 Å². The van der Waals surface area contributed by atoms with Crippen LogP contribution in [0.3, 0.4) is 0 Å². The second kappa shape index (κ2) is 17.0. The summed E-state index contributed by atoms with van der Waals surface area (Å²) >= 11 is 0. The number of carbonyl (C=O) groups excluding carboxylic acids is 1. The quantitative estimate of drug-likeness (QED) is 0.288. The van der Waals surface area contributed by atoms with Crippen LogP contribution in [0.15, 0.2) is 0 Å². The van der Waals surface area contributed by atoms with Crippen molar-refractivity contribution in [1.82, 2.24) is 0 Å². The van der Waals surface area contributed by atoms with Crippen LogP contribution in [0.5, 0.6) is 0 Å². The molecule has 0 fully saturated rings. The first-order valence-electron chi connectivity index (χ1n) is 10.3. The highest BCUT2D eigenvalue weighted by Gasteiger charge is 2.11. The molecule has 0 aromatic heterocycles. The fraction of sp³-hybridized carbons (Fsp3) is 0.905. The van der Waals surface area contributed by atoms with E-state index < -0.39 is 5.97 Å². The number of carboxylic acid groups (broad SMARTS) is 1. The summed E-state index contributed by atoms with van der Waals surface area (Å²) in [5.41, 5.74) is 0. The van der Waals surface area contributed by atoms with Gasteiger partial charge in [-0.15, -0.1) is 0 Å². The molecule has 24 heavy (non-hydrogen) atoms. The van der Waals surface area contributed by atoms with E-state index in [1.165, 1.54) is 64.2 Å². The van der Waals surface area contributed by atoms with Gasteiger partial charge in [-0.1, -0.05) is 90.4 Å². The third-order valence-corrected chi connectivity index (χ3v) is 4.80.